The highest BCUT2D eigenvalue weighted by Gasteiger charge is 2.50. The Hall–Kier alpha value is -3.44. The highest BCUT2D eigenvalue weighted by Crippen LogP contribution is 2.33. The molecule has 218 valence electrons. The van der Waals surface area contributed by atoms with Crippen molar-refractivity contribution in [3.63, 3.8) is 0 Å². The van der Waals surface area contributed by atoms with E-state index in [-0.39, 0.29) is 29.6 Å². The number of hydrogen-bond donors (Lipinski definition) is 3. The Kier molecular flexibility index (Phi) is 10.4. The monoisotopic (exact) mass is 599 g/mol. The van der Waals surface area contributed by atoms with Crippen LogP contribution in [-0.4, -0.2) is 62.5 Å². The van der Waals surface area contributed by atoms with Crippen LogP contribution in [0.25, 0.3) is 0 Å². The summed E-state index contributed by atoms with van der Waals surface area (Å²) in [4.78, 5) is 18.5. The van der Waals surface area contributed by atoms with E-state index in [1.807, 2.05) is 12.1 Å². The number of aliphatic hydroxyl groups is 1. The van der Waals surface area contributed by atoms with Crippen molar-refractivity contribution in [2.45, 2.75) is 42.7 Å². The van der Waals surface area contributed by atoms with Crippen LogP contribution >= 0.6 is 11.6 Å². The van der Waals surface area contributed by atoms with Gasteiger partial charge in [0.15, 0.2) is 15.4 Å². The second kappa shape index (κ2) is 14.0. The molecule has 0 bridgehead atoms. The predicted octanol–water partition coefficient (Wildman–Crippen LogP) is 3.73. The van der Waals surface area contributed by atoms with E-state index in [0.717, 1.165) is 5.56 Å². The molecule has 0 aliphatic carbocycles. The Morgan fingerprint density at radius 3 is 2.46 bits per heavy atom. The third-order valence-electron chi connectivity index (χ3n) is 6.84. The summed E-state index contributed by atoms with van der Waals surface area (Å²) in [6.07, 6.45) is 0.344. The molecule has 2 atom stereocenters. The molecule has 11 heteroatoms. The molecule has 3 aromatic carbocycles. The maximum atomic E-state index is 13.7. The zero-order valence-corrected chi connectivity index (χ0v) is 24.3. The number of aliphatic hydroxyl groups excluding tert-OH is 1. The average molecular weight is 600 g/mol. The molecular formula is C30H34ClN3O6S. The number of aliphatic imine (C=N–C) groups is 1. The number of hydrogen-bond acceptors (Lipinski definition) is 8. The topological polar surface area (TPSA) is 126 Å². The Morgan fingerprint density at radius 1 is 1.07 bits per heavy atom. The van der Waals surface area contributed by atoms with Gasteiger partial charge in [0.25, 0.3) is 5.91 Å². The van der Waals surface area contributed by atoms with Crippen LogP contribution in [0, 0.1) is 0 Å². The summed E-state index contributed by atoms with van der Waals surface area (Å²) >= 11 is 5.95. The molecule has 1 aliphatic heterocycles. The summed E-state index contributed by atoms with van der Waals surface area (Å²) in [5.41, 5.74) is 5.86. The van der Waals surface area contributed by atoms with Gasteiger partial charge in [-0.05, 0) is 73.9 Å². The molecule has 0 spiro atoms. The molecule has 0 saturated heterocycles. The summed E-state index contributed by atoms with van der Waals surface area (Å²) < 4.78 is 37.9. The Morgan fingerprint density at radius 2 is 1.78 bits per heavy atom. The summed E-state index contributed by atoms with van der Waals surface area (Å²) in [7, 11) is -3.68. The Labute approximate surface area is 245 Å². The molecule has 4 rings (SSSR count). The minimum Gasteiger partial charge on any atom is -0.494 e. The molecule has 1 amide bonds. The van der Waals surface area contributed by atoms with E-state index in [1.54, 1.807) is 61.5 Å². The minimum atomic E-state index is -3.68. The van der Waals surface area contributed by atoms with Gasteiger partial charge in [0.1, 0.15) is 11.9 Å². The number of halogens is 1. The number of nitrogens with zero attached hydrogens (tertiary/aromatic N) is 1. The summed E-state index contributed by atoms with van der Waals surface area (Å²) in [6.45, 7) is 2.58. The van der Waals surface area contributed by atoms with Crippen molar-refractivity contribution in [1.82, 2.24) is 10.9 Å². The molecule has 9 nitrogen and oxygen atoms in total. The lowest BCUT2D eigenvalue weighted by Crippen LogP contribution is -2.55. The van der Waals surface area contributed by atoms with Crippen LogP contribution in [0.15, 0.2) is 88.8 Å². The highest BCUT2D eigenvalue weighted by atomic mass is 35.5. The summed E-state index contributed by atoms with van der Waals surface area (Å²) in [5, 5.41) is 9.60. The van der Waals surface area contributed by atoms with E-state index in [9.17, 15) is 13.2 Å². The van der Waals surface area contributed by atoms with E-state index in [4.69, 9.17) is 31.2 Å². The third kappa shape index (κ3) is 7.85. The number of benzene rings is 3. The van der Waals surface area contributed by atoms with Crippen molar-refractivity contribution >= 4 is 33.2 Å². The van der Waals surface area contributed by atoms with Crippen molar-refractivity contribution in [3.05, 3.63) is 95.0 Å². The van der Waals surface area contributed by atoms with E-state index >= 15 is 0 Å². The first kappa shape index (κ1) is 30.5. The highest BCUT2D eigenvalue weighted by molar-refractivity contribution is 7.91. The maximum absolute atomic E-state index is 13.7. The van der Waals surface area contributed by atoms with Gasteiger partial charge in [-0.2, -0.15) is 0 Å². The molecule has 1 heterocycles. The summed E-state index contributed by atoms with van der Waals surface area (Å²) in [5.74, 6) is 0.0879. The SMILES string of the molecule is C[C@@H]1OC(c2ccc(OCCCO)cc2)=N[C@]1(CCS(=O)(=O)c1ccccc1)C(=O)NNCCc1ccc(Cl)cc1. The van der Waals surface area contributed by atoms with Crippen molar-refractivity contribution in [2.75, 3.05) is 25.5 Å². The number of amides is 1. The quantitative estimate of drug-likeness (QED) is 0.190. The summed E-state index contributed by atoms with van der Waals surface area (Å²) in [6, 6.07) is 22.6. The van der Waals surface area contributed by atoms with Gasteiger partial charge in [-0.15, -0.1) is 0 Å². The fraction of sp³-hybridized carbons (Fsp3) is 0.333. The predicted molar refractivity (Wildman–Crippen MR) is 158 cm³/mol. The second-order valence-corrected chi connectivity index (χ2v) is 12.2. The normalized spacial score (nSPS) is 18.4. The second-order valence-electron chi connectivity index (χ2n) is 9.69. The fourth-order valence-corrected chi connectivity index (χ4v) is 5.91. The van der Waals surface area contributed by atoms with Gasteiger partial charge in [0, 0.05) is 30.2 Å². The van der Waals surface area contributed by atoms with Crippen molar-refractivity contribution < 1.29 is 27.8 Å². The molecule has 0 radical (unpaired) electrons. The van der Waals surface area contributed by atoms with Gasteiger partial charge in [-0.1, -0.05) is 41.9 Å². The third-order valence-corrected chi connectivity index (χ3v) is 8.82. The number of ether oxygens (including phenoxy) is 2. The van der Waals surface area contributed by atoms with Crippen LogP contribution < -0.4 is 15.6 Å². The molecule has 3 aromatic rings. The first-order chi connectivity index (χ1) is 19.7. The van der Waals surface area contributed by atoms with E-state index in [1.165, 1.54) is 12.1 Å². The van der Waals surface area contributed by atoms with Crippen molar-refractivity contribution in [2.24, 2.45) is 4.99 Å². The first-order valence-electron chi connectivity index (χ1n) is 13.4. The number of nitrogens with one attached hydrogen (secondary N) is 2. The Bertz CT molecular complexity index is 1430. The lowest BCUT2D eigenvalue weighted by molar-refractivity contribution is -0.129. The average Bonchev–Trinajstić information content (AvgIpc) is 3.33. The Balaban J connectivity index is 1.52. The number of carbonyl (C=O) groups excluding carboxylic acids is 1. The van der Waals surface area contributed by atoms with Crippen molar-refractivity contribution in [1.29, 1.82) is 0 Å². The van der Waals surface area contributed by atoms with Crippen LogP contribution in [0.4, 0.5) is 0 Å². The van der Waals surface area contributed by atoms with Gasteiger partial charge in [-0.25, -0.2) is 18.8 Å². The van der Waals surface area contributed by atoms with E-state index in [2.05, 4.69) is 10.9 Å². The van der Waals surface area contributed by atoms with Crippen molar-refractivity contribution in [3.8, 4) is 5.75 Å². The molecule has 0 aromatic heterocycles. The van der Waals surface area contributed by atoms with E-state index < -0.39 is 27.4 Å². The van der Waals surface area contributed by atoms with Crippen LogP contribution in [-0.2, 0) is 25.8 Å². The zero-order chi connectivity index (χ0) is 29.3. The van der Waals surface area contributed by atoms with Gasteiger partial charge in [0.05, 0.1) is 17.3 Å². The zero-order valence-electron chi connectivity index (χ0n) is 22.8. The van der Waals surface area contributed by atoms with E-state index in [0.29, 0.717) is 42.3 Å². The molecule has 0 fully saturated rings. The van der Waals surface area contributed by atoms with Crippen LogP contribution in [0.5, 0.6) is 5.75 Å². The smallest absolute Gasteiger partial charge is 0.266 e. The van der Waals surface area contributed by atoms with Gasteiger partial charge < -0.3 is 14.6 Å². The van der Waals surface area contributed by atoms with Gasteiger partial charge >= 0.3 is 0 Å². The van der Waals surface area contributed by atoms with Crippen LogP contribution in [0.1, 0.15) is 30.9 Å². The molecule has 1 aliphatic rings. The molecule has 0 unspecified atom stereocenters. The van der Waals surface area contributed by atoms with Gasteiger partial charge in [-0.3, -0.25) is 10.2 Å². The van der Waals surface area contributed by atoms with Crippen LogP contribution in [0.3, 0.4) is 0 Å². The number of carbonyl (C=O) groups is 1. The number of rotatable bonds is 14. The standard InChI is InChI=1S/C30H34ClN3O6S/c1-22-30(17-21-41(37,38)27-6-3-2-4-7-27,29(36)34-32-18-16-23-8-12-25(31)13-9-23)33-28(40-22)24-10-14-26(15-11-24)39-20-5-19-35/h2-4,6-15,22,32,35H,5,16-21H2,1H3,(H,34,36)/t22-,30-/m0/s1. The van der Waals surface area contributed by atoms with Crippen LogP contribution in [0.2, 0.25) is 5.02 Å². The lowest BCUT2D eigenvalue weighted by Gasteiger charge is -2.28. The molecular weight excluding hydrogens is 566 g/mol. The minimum absolute atomic E-state index is 0.0424. The fourth-order valence-electron chi connectivity index (χ4n) is 4.40. The first-order valence-corrected chi connectivity index (χ1v) is 15.4. The molecule has 3 N–H and O–H groups in total. The van der Waals surface area contributed by atoms with Gasteiger partial charge in [0.2, 0.25) is 5.90 Å². The number of sulfone groups is 1. The maximum Gasteiger partial charge on any atom is 0.266 e. The number of hydrazine groups is 1. The molecule has 41 heavy (non-hydrogen) atoms. The lowest BCUT2D eigenvalue weighted by atomic mass is 9.90. The molecule has 0 saturated carbocycles. The largest absolute Gasteiger partial charge is 0.494 e.